The Balaban J connectivity index is 2.11. The van der Waals surface area contributed by atoms with Gasteiger partial charge in [-0.05, 0) is 6.92 Å². The third-order valence-corrected chi connectivity index (χ3v) is 3.16. The van der Waals surface area contributed by atoms with Crippen molar-refractivity contribution in [3.63, 3.8) is 0 Å². The van der Waals surface area contributed by atoms with Crippen LogP contribution in [0.4, 0.5) is 5.82 Å². The van der Waals surface area contributed by atoms with E-state index in [9.17, 15) is 0 Å². The van der Waals surface area contributed by atoms with Crippen LogP contribution < -0.4 is 4.90 Å². The summed E-state index contributed by atoms with van der Waals surface area (Å²) >= 11 is 6.04. The zero-order chi connectivity index (χ0) is 11.8. The number of halogens is 1. The lowest BCUT2D eigenvalue weighted by atomic mass is 10.2. The number of morpholine rings is 1. The molecule has 0 aliphatic carbocycles. The van der Waals surface area contributed by atoms with Gasteiger partial charge in [0, 0.05) is 18.7 Å². The van der Waals surface area contributed by atoms with E-state index in [1.54, 1.807) is 6.20 Å². The van der Waals surface area contributed by atoms with E-state index in [4.69, 9.17) is 16.3 Å². The molecule has 0 N–H and O–H groups in total. The van der Waals surface area contributed by atoms with Gasteiger partial charge in [-0.3, -0.25) is 0 Å². The molecule has 6 heteroatoms. The third-order valence-electron chi connectivity index (χ3n) is 2.97. The molecule has 5 nitrogen and oxygen atoms in total. The molecule has 1 aliphatic heterocycles. The molecule has 0 unspecified atom stereocenters. The van der Waals surface area contributed by atoms with Crippen LogP contribution in [0.5, 0.6) is 0 Å². The second kappa shape index (κ2) is 4.16. The Hall–Kier alpha value is -1.33. The van der Waals surface area contributed by atoms with Gasteiger partial charge in [-0.2, -0.15) is 9.61 Å². The van der Waals surface area contributed by atoms with Crippen LogP contribution >= 0.6 is 11.6 Å². The van der Waals surface area contributed by atoms with Crippen LogP contribution in [0.1, 0.15) is 6.92 Å². The van der Waals surface area contributed by atoms with Gasteiger partial charge in [-0.15, -0.1) is 0 Å². The fourth-order valence-corrected chi connectivity index (χ4v) is 2.32. The molecule has 1 fully saturated rings. The highest BCUT2D eigenvalue weighted by atomic mass is 35.5. The molecule has 2 aromatic rings. The highest BCUT2D eigenvalue weighted by Crippen LogP contribution is 2.23. The number of fused-ring (bicyclic) bond motifs is 1. The molecular weight excluding hydrogens is 240 g/mol. The molecule has 1 saturated heterocycles. The van der Waals surface area contributed by atoms with Gasteiger partial charge in [0.25, 0.3) is 0 Å². The first-order valence-electron chi connectivity index (χ1n) is 5.60. The lowest BCUT2D eigenvalue weighted by Crippen LogP contribution is -2.44. The van der Waals surface area contributed by atoms with Crippen molar-refractivity contribution >= 4 is 23.1 Å². The smallest absolute Gasteiger partial charge is 0.159 e. The first-order chi connectivity index (χ1) is 8.25. The average Bonchev–Trinajstić information content (AvgIpc) is 2.76. The van der Waals surface area contributed by atoms with Gasteiger partial charge in [0.05, 0.1) is 25.5 Å². The van der Waals surface area contributed by atoms with E-state index in [-0.39, 0.29) is 0 Å². The van der Waals surface area contributed by atoms with Gasteiger partial charge in [0.1, 0.15) is 11.0 Å². The Kier molecular flexibility index (Phi) is 2.64. The van der Waals surface area contributed by atoms with E-state index in [2.05, 4.69) is 21.9 Å². The number of ether oxygens (including phenoxy) is 1. The maximum Gasteiger partial charge on any atom is 0.159 e. The molecule has 3 rings (SSSR count). The molecule has 0 saturated carbocycles. The Bertz CT molecular complexity index is 541. The standard InChI is InChI=1S/C11H13ClN4O/c1-8-7-17-5-4-15(8)11-6-9(12)14-10-2-3-13-16(10)11/h2-3,6,8H,4-5,7H2,1H3/t8-/m1/s1. The van der Waals surface area contributed by atoms with Crippen LogP contribution in [0.2, 0.25) is 5.15 Å². The Morgan fingerprint density at radius 3 is 3.24 bits per heavy atom. The van der Waals surface area contributed by atoms with Gasteiger partial charge in [0.2, 0.25) is 0 Å². The molecule has 1 atom stereocenters. The topological polar surface area (TPSA) is 42.7 Å². The fourth-order valence-electron chi connectivity index (χ4n) is 2.14. The van der Waals surface area contributed by atoms with Crippen LogP contribution in [0.3, 0.4) is 0 Å². The molecule has 1 aliphatic rings. The zero-order valence-electron chi connectivity index (χ0n) is 9.51. The van der Waals surface area contributed by atoms with E-state index in [1.807, 2.05) is 16.6 Å². The largest absolute Gasteiger partial charge is 0.377 e. The van der Waals surface area contributed by atoms with Crippen molar-refractivity contribution in [1.29, 1.82) is 0 Å². The number of anilines is 1. The summed E-state index contributed by atoms with van der Waals surface area (Å²) in [6, 6.07) is 4.01. The summed E-state index contributed by atoms with van der Waals surface area (Å²) in [5, 5.41) is 4.77. The first kappa shape index (κ1) is 10.8. The van der Waals surface area contributed by atoms with Crippen molar-refractivity contribution in [2.24, 2.45) is 0 Å². The summed E-state index contributed by atoms with van der Waals surface area (Å²) in [6.07, 6.45) is 1.73. The van der Waals surface area contributed by atoms with Gasteiger partial charge in [0.15, 0.2) is 5.65 Å². The highest BCUT2D eigenvalue weighted by molar-refractivity contribution is 6.29. The van der Waals surface area contributed by atoms with Gasteiger partial charge < -0.3 is 9.64 Å². The Labute approximate surface area is 104 Å². The van der Waals surface area contributed by atoms with Crippen LogP contribution in [0.15, 0.2) is 18.3 Å². The molecule has 0 aromatic carbocycles. The molecule has 0 bridgehead atoms. The first-order valence-corrected chi connectivity index (χ1v) is 5.98. The summed E-state index contributed by atoms with van der Waals surface area (Å²) in [6.45, 7) is 4.43. The average molecular weight is 253 g/mol. The Morgan fingerprint density at radius 2 is 2.41 bits per heavy atom. The third kappa shape index (κ3) is 1.85. The quantitative estimate of drug-likeness (QED) is 0.724. The predicted molar refractivity (Wildman–Crippen MR) is 65.6 cm³/mol. The fraction of sp³-hybridized carbons (Fsp3) is 0.455. The maximum atomic E-state index is 6.04. The molecule has 2 aromatic heterocycles. The van der Waals surface area contributed by atoms with Crippen LogP contribution in [-0.4, -0.2) is 40.4 Å². The normalized spacial score (nSPS) is 21.1. The molecular formula is C11H13ClN4O. The van der Waals surface area contributed by atoms with Crippen molar-refractivity contribution in [3.8, 4) is 0 Å². The summed E-state index contributed by atoms with van der Waals surface area (Å²) in [7, 11) is 0. The highest BCUT2D eigenvalue weighted by Gasteiger charge is 2.22. The molecule has 0 radical (unpaired) electrons. The number of aromatic nitrogens is 3. The van der Waals surface area contributed by atoms with Crippen LogP contribution in [0, 0.1) is 0 Å². The Morgan fingerprint density at radius 1 is 1.53 bits per heavy atom. The van der Waals surface area contributed by atoms with Crippen molar-refractivity contribution in [2.75, 3.05) is 24.7 Å². The minimum atomic E-state index is 0.314. The van der Waals surface area contributed by atoms with E-state index >= 15 is 0 Å². The van der Waals surface area contributed by atoms with Gasteiger partial charge >= 0.3 is 0 Å². The van der Waals surface area contributed by atoms with Crippen LogP contribution in [-0.2, 0) is 4.74 Å². The monoisotopic (exact) mass is 252 g/mol. The van der Waals surface area contributed by atoms with Gasteiger partial charge in [-0.1, -0.05) is 11.6 Å². The zero-order valence-corrected chi connectivity index (χ0v) is 10.3. The minimum absolute atomic E-state index is 0.314. The van der Waals surface area contributed by atoms with Crippen LogP contribution in [0.25, 0.3) is 5.65 Å². The van der Waals surface area contributed by atoms with Gasteiger partial charge in [-0.25, -0.2) is 4.98 Å². The second-order valence-corrected chi connectivity index (χ2v) is 4.54. The molecule has 0 spiro atoms. The number of hydrogen-bond donors (Lipinski definition) is 0. The van der Waals surface area contributed by atoms with Crippen molar-refractivity contribution in [1.82, 2.24) is 14.6 Å². The summed E-state index contributed by atoms with van der Waals surface area (Å²) in [4.78, 5) is 6.47. The van der Waals surface area contributed by atoms with E-state index in [0.29, 0.717) is 11.2 Å². The van der Waals surface area contributed by atoms with E-state index in [1.165, 1.54) is 0 Å². The lowest BCUT2D eigenvalue weighted by molar-refractivity contribution is 0.0983. The number of nitrogens with zero attached hydrogens (tertiary/aromatic N) is 4. The molecule has 0 amide bonds. The number of hydrogen-bond acceptors (Lipinski definition) is 4. The summed E-state index contributed by atoms with van der Waals surface area (Å²) < 4.78 is 7.25. The van der Waals surface area contributed by atoms with Crippen molar-refractivity contribution < 1.29 is 4.74 Å². The van der Waals surface area contributed by atoms with E-state index < -0.39 is 0 Å². The minimum Gasteiger partial charge on any atom is -0.377 e. The number of rotatable bonds is 1. The SMILES string of the molecule is C[C@@H]1COCCN1c1cc(Cl)nc2ccnn12. The van der Waals surface area contributed by atoms with E-state index in [0.717, 1.165) is 31.2 Å². The molecule has 3 heterocycles. The summed E-state index contributed by atoms with van der Waals surface area (Å²) in [5.74, 6) is 0.973. The van der Waals surface area contributed by atoms with Crippen molar-refractivity contribution in [3.05, 3.63) is 23.5 Å². The predicted octanol–water partition coefficient (Wildman–Crippen LogP) is 1.61. The summed E-state index contributed by atoms with van der Waals surface area (Å²) in [5.41, 5.74) is 0.770. The van der Waals surface area contributed by atoms with Crippen molar-refractivity contribution in [2.45, 2.75) is 13.0 Å². The lowest BCUT2D eigenvalue weighted by Gasteiger charge is -2.35. The molecule has 90 valence electrons. The molecule has 17 heavy (non-hydrogen) atoms. The second-order valence-electron chi connectivity index (χ2n) is 4.16. The maximum absolute atomic E-state index is 6.04.